The summed E-state index contributed by atoms with van der Waals surface area (Å²) < 4.78 is 0. The molecule has 7 nitrogen and oxygen atoms in total. The van der Waals surface area contributed by atoms with E-state index >= 15 is 0 Å². The van der Waals surface area contributed by atoms with E-state index in [1.54, 1.807) is 31.2 Å². The molecule has 0 saturated heterocycles. The fourth-order valence-corrected chi connectivity index (χ4v) is 1.82. The van der Waals surface area contributed by atoms with E-state index < -0.39 is 0 Å². The standard InChI is InChI=1S/C14H17N5O2/c1-8-13(9(2)19-18-8)17-12(20)7-16-14(21)10-3-5-11(15)6-4-10/h3-6H,7,15H2,1-2H3,(H,16,21)(H,17,20)(H,18,19). The van der Waals surface area contributed by atoms with Crippen LogP contribution in [-0.4, -0.2) is 28.6 Å². The fourth-order valence-electron chi connectivity index (χ4n) is 1.82. The maximum atomic E-state index is 11.8. The number of carbonyl (C=O) groups is 2. The lowest BCUT2D eigenvalue weighted by Gasteiger charge is -2.07. The summed E-state index contributed by atoms with van der Waals surface area (Å²) in [6, 6.07) is 6.47. The highest BCUT2D eigenvalue weighted by molar-refractivity contribution is 5.99. The summed E-state index contributed by atoms with van der Waals surface area (Å²) in [5.74, 6) is -0.641. The molecule has 0 bridgehead atoms. The number of nitrogens with one attached hydrogen (secondary N) is 3. The van der Waals surface area contributed by atoms with Crippen LogP contribution in [0.15, 0.2) is 24.3 Å². The molecule has 0 unspecified atom stereocenters. The van der Waals surface area contributed by atoms with Crippen molar-refractivity contribution < 1.29 is 9.59 Å². The van der Waals surface area contributed by atoms with Gasteiger partial charge in [0, 0.05) is 11.3 Å². The monoisotopic (exact) mass is 287 g/mol. The van der Waals surface area contributed by atoms with Crippen LogP contribution in [0.3, 0.4) is 0 Å². The van der Waals surface area contributed by atoms with Crippen molar-refractivity contribution in [3.63, 3.8) is 0 Å². The minimum atomic E-state index is -0.328. The summed E-state index contributed by atoms with van der Waals surface area (Å²) in [7, 11) is 0. The zero-order chi connectivity index (χ0) is 15.4. The van der Waals surface area contributed by atoms with Crippen molar-refractivity contribution in [1.29, 1.82) is 0 Å². The molecule has 5 N–H and O–H groups in total. The molecular formula is C14H17N5O2. The molecule has 0 aliphatic carbocycles. The van der Waals surface area contributed by atoms with Crippen molar-refractivity contribution in [2.75, 3.05) is 17.6 Å². The predicted molar refractivity (Wildman–Crippen MR) is 79.9 cm³/mol. The van der Waals surface area contributed by atoms with Gasteiger partial charge in [-0.15, -0.1) is 0 Å². The lowest BCUT2D eigenvalue weighted by atomic mass is 10.2. The molecule has 2 aromatic rings. The van der Waals surface area contributed by atoms with Crippen LogP contribution in [0.1, 0.15) is 21.7 Å². The molecule has 0 spiro atoms. The van der Waals surface area contributed by atoms with Gasteiger partial charge in [0.1, 0.15) is 0 Å². The Balaban J connectivity index is 1.89. The van der Waals surface area contributed by atoms with Gasteiger partial charge in [0.05, 0.1) is 23.6 Å². The minimum Gasteiger partial charge on any atom is -0.399 e. The maximum absolute atomic E-state index is 11.8. The van der Waals surface area contributed by atoms with Gasteiger partial charge in [-0.1, -0.05) is 0 Å². The predicted octanol–water partition coefficient (Wildman–Crippen LogP) is 0.977. The normalized spacial score (nSPS) is 10.2. The third-order valence-electron chi connectivity index (χ3n) is 2.97. The van der Waals surface area contributed by atoms with E-state index in [4.69, 9.17) is 5.73 Å². The van der Waals surface area contributed by atoms with Gasteiger partial charge in [0.2, 0.25) is 5.91 Å². The Morgan fingerprint density at radius 3 is 2.48 bits per heavy atom. The summed E-state index contributed by atoms with van der Waals surface area (Å²) in [5.41, 5.74) is 8.69. The number of H-pyrrole nitrogens is 1. The van der Waals surface area contributed by atoms with Crippen LogP contribution < -0.4 is 16.4 Å². The number of aryl methyl sites for hydroxylation is 2. The topological polar surface area (TPSA) is 113 Å². The Bertz CT molecular complexity index is 641. The zero-order valence-electron chi connectivity index (χ0n) is 11.9. The summed E-state index contributed by atoms with van der Waals surface area (Å²) in [5, 5.41) is 12.0. The van der Waals surface area contributed by atoms with Gasteiger partial charge in [0.15, 0.2) is 0 Å². The Morgan fingerprint density at radius 2 is 1.90 bits per heavy atom. The summed E-state index contributed by atoms with van der Waals surface area (Å²) >= 11 is 0. The number of benzene rings is 1. The number of anilines is 2. The van der Waals surface area contributed by atoms with Crippen LogP contribution >= 0.6 is 0 Å². The molecule has 0 fully saturated rings. The molecule has 110 valence electrons. The summed E-state index contributed by atoms with van der Waals surface area (Å²) in [6.07, 6.45) is 0. The van der Waals surface area contributed by atoms with E-state index in [0.717, 1.165) is 5.69 Å². The van der Waals surface area contributed by atoms with Crippen molar-refractivity contribution >= 4 is 23.2 Å². The van der Waals surface area contributed by atoms with Gasteiger partial charge in [0.25, 0.3) is 5.91 Å². The average Bonchev–Trinajstić information content (AvgIpc) is 2.77. The van der Waals surface area contributed by atoms with E-state index in [1.165, 1.54) is 0 Å². The van der Waals surface area contributed by atoms with Gasteiger partial charge in [-0.3, -0.25) is 14.7 Å². The highest BCUT2D eigenvalue weighted by Crippen LogP contribution is 2.15. The molecule has 1 aromatic carbocycles. The number of aromatic nitrogens is 2. The van der Waals surface area contributed by atoms with Crippen molar-refractivity contribution in [1.82, 2.24) is 15.5 Å². The molecule has 1 heterocycles. The lowest BCUT2D eigenvalue weighted by Crippen LogP contribution is -2.33. The van der Waals surface area contributed by atoms with Gasteiger partial charge >= 0.3 is 0 Å². The van der Waals surface area contributed by atoms with Gasteiger partial charge in [-0.25, -0.2) is 0 Å². The third kappa shape index (κ3) is 3.59. The smallest absolute Gasteiger partial charge is 0.251 e. The Hall–Kier alpha value is -2.83. The zero-order valence-corrected chi connectivity index (χ0v) is 11.9. The first-order valence-corrected chi connectivity index (χ1v) is 6.42. The third-order valence-corrected chi connectivity index (χ3v) is 2.97. The van der Waals surface area contributed by atoms with E-state index in [0.29, 0.717) is 22.6 Å². The number of amides is 2. The number of carbonyl (C=O) groups excluding carboxylic acids is 2. The largest absolute Gasteiger partial charge is 0.399 e. The highest BCUT2D eigenvalue weighted by Gasteiger charge is 2.11. The molecule has 21 heavy (non-hydrogen) atoms. The molecule has 2 amide bonds. The highest BCUT2D eigenvalue weighted by atomic mass is 16.2. The van der Waals surface area contributed by atoms with Crippen LogP contribution in [-0.2, 0) is 4.79 Å². The van der Waals surface area contributed by atoms with Crippen LogP contribution in [0, 0.1) is 13.8 Å². The molecule has 2 rings (SSSR count). The molecule has 0 atom stereocenters. The Labute approximate surface area is 121 Å². The minimum absolute atomic E-state index is 0.118. The SMILES string of the molecule is Cc1n[nH]c(C)c1NC(=O)CNC(=O)c1ccc(N)cc1. The van der Waals surface area contributed by atoms with E-state index in [1.807, 2.05) is 6.92 Å². The maximum Gasteiger partial charge on any atom is 0.251 e. The van der Waals surface area contributed by atoms with Crippen LogP contribution in [0.5, 0.6) is 0 Å². The van der Waals surface area contributed by atoms with Crippen LogP contribution in [0.4, 0.5) is 11.4 Å². The van der Waals surface area contributed by atoms with Crippen molar-refractivity contribution in [3.05, 3.63) is 41.2 Å². The number of hydrogen-bond donors (Lipinski definition) is 4. The molecule has 0 radical (unpaired) electrons. The fraction of sp³-hybridized carbons (Fsp3) is 0.214. The van der Waals surface area contributed by atoms with E-state index in [-0.39, 0.29) is 18.4 Å². The molecule has 0 aliphatic heterocycles. The average molecular weight is 287 g/mol. The van der Waals surface area contributed by atoms with E-state index in [2.05, 4.69) is 20.8 Å². The molecule has 0 aliphatic rings. The number of nitrogens with two attached hydrogens (primary N) is 1. The van der Waals surface area contributed by atoms with Gasteiger partial charge in [-0.2, -0.15) is 5.10 Å². The second-order valence-corrected chi connectivity index (χ2v) is 4.66. The van der Waals surface area contributed by atoms with Crippen molar-refractivity contribution in [3.8, 4) is 0 Å². The second kappa shape index (κ2) is 6.08. The first-order valence-electron chi connectivity index (χ1n) is 6.42. The molecular weight excluding hydrogens is 270 g/mol. The first-order chi connectivity index (χ1) is 9.97. The number of aromatic amines is 1. The summed E-state index contributed by atoms with van der Waals surface area (Å²) in [6.45, 7) is 3.47. The number of nitrogens with zero attached hydrogens (tertiary/aromatic N) is 1. The molecule has 7 heteroatoms. The number of nitrogen functional groups attached to an aromatic ring is 1. The number of hydrogen-bond acceptors (Lipinski definition) is 4. The Morgan fingerprint density at radius 1 is 1.24 bits per heavy atom. The van der Waals surface area contributed by atoms with Crippen molar-refractivity contribution in [2.45, 2.75) is 13.8 Å². The summed E-state index contributed by atoms with van der Waals surface area (Å²) in [4.78, 5) is 23.7. The van der Waals surface area contributed by atoms with Crippen LogP contribution in [0.25, 0.3) is 0 Å². The molecule has 0 saturated carbocycles. The van der Waals surface area contributed by atoms with Gasteiger partial charge < -0.3 is 16.4 Å². The molecule has 1 aromatic heterocycles. The number of rotatable bonds is 4. The Kier molecular flexibility index (Phi) is 4.22. The second-order valence-electron chi connectivity index (χ2n) is 4.66. The first kappa shape index (κ1) is 14.6. The van der Waals surface area contributed by atoms with E-state index in [9.17, 15) is 9.59 Å². The quantitative estimate of drug-likeness (QED) is 0.628. The lowest BCUT2D eigenvalue weighted by molar-refractivity contribution is -0.115. The van der Waals surface area contributed by atoms with Crippen molar-refractivity contribution in [2.24, 2.45) is 0 Å². The van der Waals surface area contributed by atoms with Crippen LogP contribution in [0.2, 0.25) is 0 Å². The van der Waals surface area contributed by atoms with Gasteiger partial charge in [-0.05, 0) is 38.1 Å².